The summed E-state index contributed by atoms with van der Waals surface area (Å²) in [6.45, 7) is 5.03. The second-order valence-corrected chi connectivity index (χ2v) is 5.52. The standard InChI is InChI=1S/C16H21NO/c1-16(2,11-17)10-13-9-8-12-6-4-5-7-14(12)15(13)18-3/h4-9H,10-11,17H2,1-3H3. The maximum absolute atomic E-state index is 5.82. The molecule has 0 atom stereocenters. The summed E-state index contributed by atoms with van der Waals surface area (Å²) < 4.78 is 5.61. The van der Waals surface area contributed by atoms with Gasteiger partial charge < -0.3 is 10.5 Å². The summed E-state index contributed by atoms with van der Waals surface area (Å²) in [6, 6.07) is 12.6. The number of fused-ring (bicyclic) bond motifs is 1. The Bertz CT molecular complexity index is 546. The van der Waals surface area contributed by atoms with Crippen molar-refractivity contribution in [3.63, 3.8) is 0 Å². The summed E-state index contributed by atoms with van der Waals surface area (Å²) in [5.74, 6) is 0.981. The number of nitrogens with two attached hydrogens (primary N) is 1. The highest BCUT2D eigenvalue weighted by Gasteiger charge is 2.19. The van der Waals surface area contributed by atoms with Crippen LogP contribution in [-0.4, -0.2) is 13.7 Å². The summed E-state index contributed by atoms with van der Waals surface area (Å²) >= 11 is 0. The molecule has 0 amide bonds. The molecule has 2 aromatic rings. The van der Waals surface area contributed by atoms with E-state index in [1.807, 2.05) is 12.1 Å². The van der Waals surface area contributed by atoms with Crippen LogP contribution in [0.15, 0.2) is 36.4 Å². The minimum atomic E-state index is 0.0930. The number of rotatable bonds is 4. The van der Waals surface area contributed by atoms with Crippen molar-refractivity contribution in [3.05, 3.63) is 42.0 Å². The minimum absolute atomic E-state index is 0.0930. The molecule has 0 heterocycles. The van der Waals surface area contributed by atoms with Gasteiger partial charge in [-0.05, 0) is 29.3 Å². The quantitative estimate of drug-likeness (QED) is 0.893. The van der Waals surface area contributed by atoms with Gasteiger partial charge in [-0.1, -0.05) is 50.2 Å². The van der Waals surface area contributed by atoms with E-state index in [1.54, 1.807) is 7.11 Å². The summed E-state index contributed by atoms with van der Waals surface area (Å²) in [7, 11) is 1.74. The molecule has 0 aliphatic rings. The fourth-order valence-corrected chi connectivity index (χ4v) is 2.26. The van der Waals surface area contributed by atoms with Crippen LogP contribution in [0.5, 0.6) is 5.75 Å². The summed E-state index contributed by atoms with van der Waals surface area (Å²) in [4.78, 5) is 0. The lowest BCUT2D eigenvalue weighted by atomic mass is 9.85. The second-order valence-electron chi connectivity index (χ2n) is 5.52. The fraction of sp³-hybridized carbons (Fsp3) is 0.375. The highest BCUT2D eigenvalue weighted by molar-refractivity contribution is 5.89. The first-order valence-electron chi connectivity index (χ1n) is 6.32. The highest BCUT2D eigenvalue weighted by atomic mass is 16.5. The van der Waals surface area contributed by atoms with E-state index in [1.165, 1.54) is 16.3 Å². The maximum atomic E-state index is 5.82. The third-order valence-electron chi connectivity index (χ3n) is 3.39. The Labute approximate surface area is 109 Å². The normalized spacial score (nSPS) is 11.8. The molecule has 2 nitrogen and oxygen atoms in total. The first kappa shape index (κ1) is 12.9. The molecule has 0 bridgehead atoms. The van der Waals surface area contributed by atoms with Crippen LogP contribution in [0, 0.1) is 5.41 Å². The Hall–Kier alpha value is -1.54. The molecule has 0 radical (unpaired) electrons. The van der Waals surface area contributed by atoms with Crippen molar-refractivity contribution >= 4 is 10.8 Å². The van der Waals surface area contributed by atoms with E-state index < -0.39 is 0 Å². The Morgan fingerprint density at radius 2 is 1.83 bits per heavy atom. The van der Waals surface area contributed by atoms with Crippen molar-refractivity contribution in [1.82, 2.24) is 0 Å². The Morgan fingerprint density at radius 1 is 1.11 bits per heavy atom. The lowest BCUT2D eigenvalue weighted by Gasteiger charge is -2.24. The molecule has 96 valence electrons. The predicted molar refractivity (Wildman–Crippen MR) is 77.0 cm³/mol. The van der Waals surface area contributed by atoms with Gasteiger partial charge in [0.05, 0.1) is 7.11 Å². The van der Waals surface area contributed by atoms with Crippen molar-refractivity contribution in [3.8, 4) is 5.75 Å². The first-order valence-corrected chi connectivity index (χ1v) is 6.32. The van der Waals surface area contributed by atoms with E-state index in [9.17, 15) is 0 Å². The van der Waals surface area contributed by atoms with Crippen molar-refractivity contribution in [2.45, 2.75) is 20.3 Å². The SMILES string of the molecule is COc1c(CC(C)(C)CN)ccc2ccccc12. The molecule has 2 rings (SSSR count). The van der Waals surface area contributed by atoms with Crippen molar-refractivity contribution < 1.29 is 4.74 Å². The molecule has 0 saturated heterocycles. The van der Waals surface area contributed by atoms with E-state index in [0.29, 0.717) is 6.54 Å². The molecule has 0 spiro atoms. The van der Waals surface area contributed by atoms with E-state index in [2.05, 4.69) is 38.1 Å². The van der Waals surface area contributed by atoms with Gasteiger partial charge in [-0.15, -0.1) is 0 Å². The molecule has 2 aromatic carbocycles. The van der Waals surface area contributed by atoms with Crippen LogP contribution in [0.1, 0.15) is 19.4 Å². The van der Waals surface area contributed by atoms with Crippen LogP contribution in [-0.2, 0) is 6.42 Å². The molecular weight excluding hydrogens is 222 g/mol. The Balaban J connectivity index is 2.51. The average Bonchev–Trinajstić information content (AvgIpc) is 2.38. The molecule has 2 heteroatoms. The first-order chi connectivity index (χ1) is 8.57. The van der Waals surface area contributed by atoms with Gasteiger partial charge in [0.25, 0.3) is 0 Å². The van der Waals surface area contributed by atoms with Crippen LogP contribution in [0.4, 0.5) is 0 Å². The van der Waals surface area contributed by atoms with Gasteiger partial charge in [0.15, 0.2) is 0 Å². The molecule has 18 heavy (non-hydrogen) atoms. The van der Waals surface area contributed by atoms with Crippen molar-refractivity contribution in [1.29, 1.82) is 0 Å². The van der Waals surface area contributed by atoms with Gasteiger partial charge in [-0.25, -0.2) is 0 Å². The van der Waals surface area contributed by atoms with Crippen molar-refractivity contribution in [2.75, 3.05) is 13.7 Å². The summed E-state index contributed by atoms with van der Waals surface area (Å²) in [5, 5.41) is 2.38. The van der Waals surface area contributed by atoms with Crippen LogP contribution in [0.2, 0.25) is 0 Å². The molecule has 0 aliphatic carbocycles. The van der Waals surface area contributed by atoms with Gasteiger partial charge in [0.2, 0.25) is 0 Å². The van der Waals surface area contributed by atoms with Gasteiger partial charge in [0.1, 0.15) is 5.75 Å². The zero-order chi connectivity index (χ0) is 13.2. The number of hydrogen-bond acceptors (Lipinski definition) is 2. The number of hydrogen-bond donors (Lipinski definition) is 1. The van der Waals surface area contributed by atoms with Gasteiger partial charge in [0, 0.05) is 5.39 Å². The molecule has 0 aliphatic heterocycles. The summed E-state index contributed by atoms with van der Waals surface area (Å²) in [5.41, 5.74) is 7.14. The lowest BCUT2D eigenvalue weighted by molar-refractivity contribution is 0.361. The Morgan fingerprint density at radius 3 is 2.50 bits per heavy atom. The second kappa shape index (κ2) is 4.99. The summed E-state index contributed by atoms with van der Waals surface area (Å²) in [6.07, 6.45) is 0.928. The maximum Gasteiger partial charge on any atom is 0.129 e. The number of methoxy groups -OCH3 is 1. The van der Waals surface area contributed by atoms with E-state index in [4.69, 9.17) is 10.5 Å². The lowest BCUT2D eigenvalue weighted by Crippen LogP contribution is -2.26. The van der Waals surface area contributed by atoms with Crippen LogP contribution >= 0.6 is 0 Å². The molecule has 2 N–H and O–H groups in total. The molecular formula is C16H21NO. The molecule has 0 aromatic heterocycles. The predicted octanol–water partition coefficient (Wildman–Crippen LogP) is 3.38. The number of benzene rings is 2. The van der Waals surface area contributed by atoms with Gasteiger partial charge >= 0.3 is 0 Å². The average molecular weight is 243 g/mol. The molecule has 0 saturated carbocycles. The van der Waals surface area contributed by atoms with E-state index in [-0.39, 0.29) is 5.41 Å². The minimum Gasteiger partial charge on any atom is -0.496 e. The Kier molecular flexibility index (Phi) is 3.58. The monoisotopic (exact) mass is 243 g/mol. The van der Waals surface area contributed by atoms with E-state index >= 15 is 0 Å². The largest absolute Gasteiger partial charge is 0.496 e. The van der Waals surface area contributed by atoms with E-state index in [0.717, 1.165) is 12.2 Å². The smallest absolute Gasteiger partial charge is 0.129 e. The topological polar surface area (TPSA) is 35.2 Å². The van der Waals surface area contributed by atoms with Crippen molar-refractivity contribution in [2.24, 2.45) is 11.1 Å². The fourth-order valence-electron chi connectivity index (χ4n) is 2.26. The third-order valence-corrected chi connectivity index (χ3v) is 3.39. The zero-order valence-electron chi connectivity index (χ0n) is 11.4. The van der Waals surface area contributed by atoms with Crippen LogP contribution < -0.4 is 10.5 Å². The number of ether oxygens (including phenoxy) is 1. The van der Waals surface area contributed by atoms with Crippen LogP contribution in [0.3, 0.4) is 0 Å². The third kappa shape index (κ3) is 2.49. The van der Waals surface area contributed by atoms with Gasteiger partial charge in [-0.3, -0.25) is 0 Å². The highest BCUT2D eigenvalue weighted by Crippen LogP contribution is 2.33. The van der Waals surface area contributed by atoms with Crippen LogP contribution in [0.25, 0.3) is 10.8 Å². The molecule has 0 unspecified atom stereocenters. The van der Waals surface area contributed by atoms with Gasteiger partial charge in [-0.2, -0.15) is 0 Å². The zero-order valence-corrected chi connectivity index (χ0v) is 11.4. The molecule has 0 fully saturated rings.